The van der Waals surface area contributed by atoms with Crippen LogP contribution in [0.25, 0.3) is 17.0 Å². The number of aromatic hydroxyl groups is 1. The van der Waals surface area contributed by atoms with Crippen LogP contribution >= 0.6 is 0 Å². The summed E-state index contributed by atoms with van der Waals surface area (Å²) in [6.45, 7) is 0. The molecule has 0 atom stereocenters. The number of hydrogen-bond acceptors (Lipinski definition) is 2. The average molecular weight is 212 g/mol. The fourth-order valence-electron chi connectivity index (χ4n) is 1.70. The summed E-state index contributed by atoms with van der Waals surface area (Å²) < 4.78 is 1.90. The number of phenols is 1. The second kappa shape index (κ2) is 3.34. The highest BCUT2D eigenvalue weighted by molar-refractivity contribution is 5.60. The van der Waals surface area contributed by atoms with Crippen LogP contribution in [0.2, 0.25) is 0 Å². The van der Waals surface area contributed by atoms with Crippen LogP contribution in [-0.4, -0.2) is 15.1 Å². The van der Waals surface area contributed by atoms with E-state index in [0.29, 0.717) is 0 Å². The molecule has 4 heteroatoms. The van der Waals surface area contributed by atoms with Crippen molar-refractivity contribution in [2.24, 2.45) is 0 Å². The zero-order chi connectivity index (χ0) is 11.0. The van der Waals surface area contributed by atoms with Gasteiger partial charge in [-0.05, 0) is 12.1 Å². The Bertz CT molecular complexity index is 612. The smallest absolute Gasteiger partial charge is 0.401 e. The van der Waals surface area contributed by atoms with Crippen molar-refractivity contribution in [1.29, 1.82) is 0 Å². The zero-order valence-corrected chi connectivity index (χ0v) is 8.46. The topological polar surface area (TPSA) is 53.0 Å². The molecule has 0 radical (unpaired) electrons. The predicted octanol–water partition coefficient (Wildman–Crippen LogP) is 1.52. The molecule has 0 aliphatic rings. The molecule has 3 aromatic rings. The molecule has 2 heterocycles. The second-order valence-corrected chi connectivity index (χ2v) is 3.57. The number of aromatic amines is 1. The molecule has 0 unspecified atom stereocenters. The van der Waals surface area contributed by atoms with Gasteiger partial charge in [-0.2, -0.15) is 0 Å². The van der Waals surface area contributed by atoms with E-state index in [9.17, 15) is 5.11 Å². The van der Waals surface area contributed by atoms with Crippen LogP contribution in [0, 0.1) is 0 Å². The van der Waals surface area contributed by atoms with Gasteiger partial charge in [0.25, 0.3) is 0 Å². The molecule has 1 aromatic carbocycles. The van der Waals surface area contributed by atoms with Gasteiger partial charge < -0.3 is 5.11 Å². The molecule has 0 saturated heterocycles. The number of imidazole rings is 1. The largest absolute Gasteiger partial charge is 0.508 e. The normalized spacial score (nSPS) is 10.8. The molecule has 4 nitrogen and oxygen atoms in total. The number of fused-ring (bicyclic) bond motifs is 1. The summed E-state index contributed by atoms with van der Waals surface area (Å²) in [7, 11) is 0. The van der Waals surface area contributed by atoms with Crippen LogP contribution in [-0.2, 0) is 0 Å². The molecular weight excluding hydrogens is 202 g/mol. The Morgan fingerprint density at radius 2 is 2.19 bits per heavy atom. The lowest BCUT2D eigenvalue weighted by Crippen LogP contribution is -2.17. The minimum atomic E-state index is 0.258. The number of nitrogens with zero attached hydrogens (tertiary/aromatic N) is 2. The molecule has 0 spiro atoms. The Morgan fingerprint density at radius 1 is 1.25 bits per heavy atom. The number of hydrogen-bond donors (Lipinski definition) is 2. The van der Waals surface area contributed by atoms with E-state index in [0.717, 1.165) is 17.0 Å². The Kier molecular flexibility index (Phi) is 1.86. The van der Waals surface area contributed by atoms with Gasteiger partial charge in [0.05, 0.1) is 6.20 Å². The van der Waals surface area contributed by atoms with Crippen LogP contribution in [0.15, 0.2) is 48.9 Å². The molecule has 16 heavy (non-hydrogen) atoms. The van der Waals surface area contributed by atoms with E-state index < -0.39 is 0 Å². The first-order chi connectivity index (χ1) is 7.83. The highest BCUT2D eigenvalue weighted by Gasteiger charge is 2.09. The first kappa shape index (κ1) is 8.91. The zero-order valence-electron chi connectivity index (χ0n) is 8.46. The van der Waals surface area contributed by atoms with Crippen molar-refractivity contribution < 1.29 is 9.51 Å². The summed E-state index contributed by atoms with van der Waals surface area (Å²) in [5.74, 6) is 1.04. The Balaban J connectivity index is 2.19. The van der Waals surface area contributed by atoms with Gasteiger partial charge >= 0.3 is 5.78 Å². The maximum Gasteiger partial charge on any atom is 0.401 e. The number of H-pyrrole nitrogens is 1. The maximum absolute atomic E-state index is 9.41. The Labute approximate surface area is 91.8 Å². The van der Waals surface area contributed by atoms with Crippen molar-refractivity contribution >= 4 is 5.78 Å². The summed E-state index contributed by atoms with van der Waals surface area (Å²) >= 11 is 0. The van der Waals surface area contributed by atoms with Gasteiger partial charge in [0.2, 0.25) is 0 Å². The van der Waals surface area contributed by atoms with Crippen LogP contribution < -0.4 is 4.40 Å². The molecule has 0 saturated carbocycles. The van der Waals surface area contributed by atoms with E-state index in [-0.39, 0.29) is 5.75 Å². The van der Waals surface area contributed by atoms with Gasteiger partial charge in [0.1, 0.15) is 23.8 Å². The fourth-order valence-corrected chi connectivity index (χ4v) is 1.70. The number of rotatable bonds is 1. The van der Waals surface area contributed by atoms with Gasteiger partial charge in [-0.15, -0.1) is 0 Å². The van der Waals surface area contributed by atoms with Crippen LogP contribution in [0.3, 0.4) is 0 Å². The number of nitrogens with one attached hydrogen (secondary N) is 1. The summed E-state index contributed by atoms with van der Waals surface area (Å²) in [5.41, 5.74) is 1.86. The standard InChI is InChI=1S/C12H9N3O/c16-10-4-1-3-9(7-10)11-8-15-6-2-5-13-12(15)14-11/h1-8,16H/p+1. The number of phenolic OH excluding ortho intramolecular Hbond substituents is 1. The maximum atomic E-state index is 9.41. The van der Waals surface area contributed by atoms with Crippen molar-refractivity contribution in [1.82, 2.24) is 9.97 Å². The summed E-state index contributed by atoms with van der Waals surface area (Å²) in [6.07, 6.45) is 5.60. The predicted molar refractivity (Wildman–Crippen MR) is 58.8 cm³/mol. The molecule has 0 amide bonds. The van der Waals surface area contributed by atoms with Gasteiger partial charge in [-0.3, -0.25) is 0 Å². The molecule has 0 aliphatic carbocycles. The second-order valence-electron chi connectivity index (χ2n) is 3.57. The van der Waals surface area contributed by atoms with Crippen molar-refractivity contribution in [3.8, 4) is 17.0 Å². The summed E-state index contributed by atoms with van der Waals surface area (Å²) in [5, 5.41) is 9.41. The minimum absolute atomic E-state index is 0.258. The van der Waals surface area contributed by atoms with E-state index in [1.807, 2.05) is 35.0 Å². The Morgan fingerprint density at radius 3 is 3.00 bits per heavy atom. The fraction of sp³-hybridized carbons (Fsp3) is 0. The van der Waals surface area contributed by atoms with Crippen LogP contribution in [0.5, 0.6) is 5.75 Å². The van der Waals surface area contributed by atoms with E-state index in [2.05, 4.69) is 9.97 Å². The molecule has 3 rings (SSSR count). The lowest BCUT2D eigenvalue weighted by atomic mass is 10.2. The van der Waals surface area contributed by atoms with Gasteiger partial charge in [-0.1, -0.05) is 17.1 Å². The molecule has 2 N–H and O–H groups in total. The molecular formula is C12H10N3O+. The molecule has 0 fully saturated rings. The highest BCUT2D eigenvalue weighted by atomic mass is 16.3. The van der Waals surface area contributed by atoms with Gasteiger partial charge in [0.15, 0.2) is 0 Å². The van der Waals surface area contributed by atoms with Crippen LogP contribution in [0.1, 0.15) is 0 Å². The summed E-state index contributed by atoms with van der Waals surface area (Å²) in [6, 6.07) is 8.98. The van der Waals surface area contributed by atoms with E-state index in [1.54, 1.807) is 18.3 Å². The molecule has 0 aliphatic heterocycles. The van der Waals surface area contributed by atoms with E-state index in [1.165, 1.54) is 0 Å². The Hall–Kier alpha value is -2.36. The molecule has 2 aromatic heterocycles. The lowest BCUT2D eigenvalue weighted by molar-refractivity contribution is -0.512. The molecule has 0 bridgehead atoms. The van der Waals surface area contributed by atoms with E-state index >= 15 is 0 Å². The van der Waals surface area contributed by atoms with Crippen molar-refractivity contribution in [3.05, 3.63) is 48.9 Å². The van der Waals surface area contributed by atoms with Gasteiger partial charge in [-0.25, -0.2) is 9.38 Å². The third-order valence-corrected chi connectivity index (χ3v) is 2.45. The molecule has 78 valence electrons. The van der Waals surface area contributed by atoms with Crippen LogP contribution in [0.4, 0.5) is 0 Å². The third kappa shape index (κ3) is 1.40. The first-order valence-electron chi connectivity index (χ1n) is 4.97. The van der Waals surface area contributed by atoms with Crippen molar-refractivity contribution in [2.45, 2.75) is 0 Å². The quantitative estimate of drug-likeness (QED) is 0.601. The van der Waals surface area contributed by atoms with Crippen molar-refractivity contribution in [3.63, 3.8) is 0 Å². The first-order valence-corrected chi connectivity index (χ1v) is 4.97. The summed E-state index contributed by atoms with van der Waals surface area (Å²) in [4.78, 5) is 7.37. The number of aromatic nitrogens is 3. The third-order valence-electron chi connectivity index (χ3n) is 2.45. The highest BCUT2D eigenvalue weighted by Crippen LogP contribution is 2.20. The lowest BCUT2D eigenvalue weighted by Gasteiger charge is -1.94. The monoisotopic (exact) mass is 212 g/mol. The van der Waals surface area contributed by atoms with Gasteiger partial charge in [0, 0.05) is 11.6 Å². The average Bonchev–Trinajstić information content (AvgIpc) is 2.72. The minimum Gasteiger partial charge on any atom is -0.508 e. The number of benzene rings is 1. The SMILES string of the molecule is Oc1cccc(-c2c[n+]3cccnc3[nH]2)c1. The van der Waals surface area contributed by atoms with Crippen molar-refractivity contribution in [2.75, 3.05) is 0 Å². The van der Waals surface area contributed by atoms with E-state index in [4.69, 9.17) is 0 Å².